The molecule has 0 bridgehead atoms. The fourth-order valence-electron chi connectivity index (χ4n) is 2.25. The zero-order chi connectivity index (χ0) is 14.5. The Morgan fingerprint density at radius 1 is 1.00 bits per heavy atom. The van der Waals surface area contributed by atoms with Gasteiger partial charge in [0.15, 0.2) is 0 Å². The van der Waals surface area contributed by atoms with Crippen molar-refractivity contribution in [1.82, 2.24) is 9.97 Å². The van der Waals surface area contributed by atoms with Crippen LogP contribution in [0, 0.1) is 0 Å². The van der Waals surface area contributed by atoms with Gasteiger partial charge in [0, 0.05) is 5.69 Å². The highest BCUT2D eigenvalue weighted by atomic mass is 16.5. The van der Waals surface area contributed by atoms with Crippen LogP contribution in [0.15, 0.2) is 54.9 Å². The molecule has 0 aliphatic heterocycles. The lowest BCUT2D eigenvalue weighted by atomic mass is 10.1. The molecule has 2 N–H and O–H groups in total. The Hall–Kier alpha value is -2.62. The van der Waals surface area contributed by atoms with Crippen molar-refractivity contribution in [2.45, 2.75) is 12.8 Å². The van der Waals surface area contributed by atoms with E-state index in [0.29, 0.717) is 18.2 Å². The fraction of sp³-hybridized carbons (Fsp3) is 0.176. The summed E-state index contributed by atoms with van der Waals surface area (Å²) in [7, 11) is 0. The lowest BCUT2D eigenvalue weighted by Gasteiger charge is -2.08. The Bertz CT molecular complexity index is 728. The highest BCUT2D eigenvalue weighted by Gasteiger charge is 2.05. The van der Waals surface area contributed by atoms with Crippen LogP contribution < -0.4 is 10.5 Å². The van der Waals surface area contributed by atoms with E-state index in [2.05, 4.69) is 34.2 Å². The van der Waals surface area contributed by atoms with Crippen molar-refractivity contribution in [3.05, 3.63) is 60.4 Å². The van der Waals surface area contributed by atoms with Gasteiger partial charge in [-0.25, -0.2) is 9.97 Å². The number of hydrogen-bond donors (Lipinski definition) is 1. The van der Waals surface area contributed by atoms with Crippen LogP contribution in [0.1, 0.15) is 12.0 Å². The van der Waals surface area contributed by atoms with Gasteiger partial charge in [0.1, 0.15) is 6.33 Å². The molecule has 0 saturated heterocycles. The van der Waals surface area contributed by atoms with Crippen LogP contribution in [0.4, 0.5) is 5.69 Å². The zero-order valence-corrected chi connectivity index (χ0v) is 11.7. The summed E-state index contributed by atoms with van der Waals surface area (Å²) in [5.41, 5.74) is 8.58. The lowest BCUT2D eigenvalue weighted by molar-refractivity contribution is 0.303. The van der Waals surface area contributed by atoms with E-state index in [9.17, 15) is 0 Å². The molecule has 21 heavy (non-hydrogen) atoms. The summed E-state index contributed by atoms with van der Waals surface area (Å²) in [4.78, 5) is 8.41. The number of nitrogens with two attached hydrogens (primary N) is 1. The van der Waals surface area contributed by atoms with Crippen LogP contribution in [-0.2, 0) is 6.42 Å². The van der Waals surface area contributed by atoms with Crippen molar-refractivity contribution in [2.24, 2.45) is 0 Å². The zero-order valence-electron chi connectivity index (χ0n) is 11.7. The number of fused-ring (bicyclic) bond motifs is 1. The van der Waals surface area contributed by atoms with E-state index in [1.807, 2.05) is 24.3 Å². The third kappa shape index (κ3) is 3.28. The fourth-order valence-corrected chi connectivity index (χ4v) is 2.25. The molecule has 1 heterocycles. The van der Waals surface area contributed by atoms with E-state index in [4.69, 9.17) is 10.5 Å². The van der Waals surface area contributed by atoms with E-state index in [-0.39, 0.29) is 0 Å². The molecule has 0 spiro atoms. The van der Waals surface area contributed by atoms with Gasteiger partial charge < -0.3 is 10.5 Å². The second-order valence-electron chi connectivity index (χ2n) is 4.89. The summed E-state index contributed by atoms with van der Waals surface area (Å²) in [6.45, 7) is 0.630. The molecule has 3 aromatic rings. The molecule has 4 heteroatoms. The first-order chi connectivity index (χ1) is 10.3. The highest BCUT2D eigenvalue weighted by Crippen LogP contribution is 2.23. The first-order valence-corrected chi connectivity index (χ1v) is 7.00. The predicted octanol–water partition coefficient (Wildman–Crippen LogP) is 3.22. The van der Waals surface area contributed by atoms with Crippen LogP contribution in [0.3, 0.4) is 0 Å². The molecule has 3 rings (SSSR count). The van der Waals surface area contributed by atoms with Gasteiger partial charge in [-0.15, -0.1) is 0 Å². The highest BCUT2D eigenvalue weighted by molar-refractivity contribution is 5.85. The molecule has 0 fully saturated rings. The van der Waals surface area contributed by atoms with Crippen LogP contribution in [0.2, 0.25) is 0 Å². The summed E-state index contributed by atoms with van der Waals surface area (Å²) in [5.74, 6) is 0.619. The van der Waals surface area contributed by atoms with Crippen LogP contribution in [-0.4, -0.2) is 16.6 Å². The molecule has 1 aromatic heterocycles. The molecule has 106 valence electrons. The molecule has 0 amide bonds. The average Bonchev–Trinajstić information content (AvgIpc) is 2.52. The second kappa shape index (κ2) is 6.22. The molecule has 0 atom stereocenters. The lowest BCUT2D eigenvalue weighted by Crippen LogP contribution is -2.02. The molecule has 2 aromatic carbocycles. The van der Waals surface area contributed by atoms with Gasteiger partial charge in [-0.05, 0) is 36.6 Å². The Morgan fingerprint density at radius 3 is 2.71 bits per heavy atom. The predicted molar refractivity (Wildman–Crippen MR) is 84.2 cm³/mol. The molecular formula is C17H17N3O. The number of hydrogen-bond acceptors (Lipinski definition) is 4. The first kappa shape index (κ1) is 13.4. The van der Waals surface area contributed by atoms with Crippen molar-refractivity contribution in [1.29, 1.82) is 0 Å². The van der Waals surface area contributed by atoms with E-state index in [1.54, 1.807) is 0 Å². The standard InChI is InChI=1S/C17H17N3O/c18-14-8-9-15-16(11-14)19-12-20-17(15)21-10-4-7-13-5-2-1-3-6-13/h1-3,5-6,8-9,11-12H,4,7,10,18H2. The minimum Gasteiger partial charge on any atom is -0.477 e. The summed E-state index contributed by atoms with van der Waals surface area (Å²) in [5, 5.41) is 0.895. The number of ether oxygens (including phenoxy) is 1. The molecule has 0 saturated carbocycles. The van der Waals surface area contributed by atoms with E-state index < -0.39 is 0 Å². The number of rotatable bonds is 5. The van der Waals surface area contributed by atoms with Crippen molar-refractivity contribution >= 4 is 16.6 Å². The SMILES string of the molecule is Nc1ccc2c(OCCCc3ccccc3)ncnc2c1. The van der Waals surface area contributed by atoms with Crippen LogP contribution in [0.25, 0.3) is 10.9 Å². The van der Waals surface area contributed by atoms with Crippen molar-refractivity contribution in [3.8, 4) is 5.88 Å². The molecule has 0 unspecified atom stereocenters. The van der Waals surface area contributed by atoms with Gasteiger partial charge in [-0.3, -0.25) is 0 Å². The summed E-state index contributed by atoms with van der Waals surface area (Å²) < 4.78 is 5.79. The number of aryl methyl sites for hydroxylation is 1. The maximum absolute atomic E-state index is 5.79. The summed E-state index contributed by atoms with van der Waals surface area (Å²) in [6, 6.07) is 16.0. The maximum Gasteiger partial charge on any atom is 0.224 e. The normalized spacial score (nSPS) is 10.7. The Balaban J connectivity index is 1.63. The van der Waals surface area contributed by atoms with E-state index >= 15 is 0 Å². The topological polar surface area (TPSA) is 61.0 Å². The van der Waals surface area contributed by atoms with Gasteiger partial charge in [0.05, 0.1) is 17.5 Å². The van der Waals surface area contributed by atoms with Crippen LogP contribution in [0.5, 0.6) is 5.88 Å². The largest absolute Gasteiger partial charge is 0.477 e. The molecule has 0 aliphatic carbocycles. The van der Waals surface area contributed by atoms with Crippen molar-refractivity contribution in [3.63, 3.8) is 0 Å². The molecular weight excluding hydrogens is 262 g/mol. The summed E-state index contributed by atoms with van der Waals surface area (Å²) >= 11 is 0. The summed E-state index contributed by atoms with van der Waals surface area (Å²) in [6.07, 6.45) is 3.45. The molecule has 4 nitrogen and oxygen atoms in total. The van der Waals surface area contributed by atoms with Gasteiger partial charge in [-0.2, -0.15) is 0 Å². The number of benzene rings is 2. The Kier molecular flexibility index (Phi) is 3.96. The van der Waals surface area contributed by atoms with Crippen molar-refractivity contribution < 1.29 is 4.74 Å². The monoisotopic (exact) mass is 279 g/mol. The van der Waals surface area contributed by atoms with Gasteiger partial charge in [-0.1, -0.05) is 30.3 Å². The second-order valence-corrected chi connectivity index (χ2v) is 4.89. The minimum absolute atomic E-state index is 0.619. The van der Waals surface area contributed by atoms with E-state index in [0.717, 1.165) is 23.7 Å². The Morgan fingerprint density at radius 2 is 1.86 bits per heavy atom. The number of nitrogens with zero attached hydrogens (tertiary/aromatic N) is 2. The minimum atomic E-state index is 0.619. The quantitative estimate of drug-likeness (QED) is 0.575. The number of nitrogen functional groups attached to an aromatic ring is 1. The first-order valence-electron chi connectivity index (χ1n) is 7.00. The Labute approximate surface area is 123 Å². The molecule has 0 radical (unpaired) electrons. The number of aromatic nitrogens is 2. The smallest absolute Gasteiger partial charge is 0.224 e. The van der Waals surface area contributed by atoms with Gasteiger partial charge in [0.2, 0.25) is 5.88 Å². The third-order valence-electron chi connectivity index (χ3n) is 3.32. The van der Waals surface area contributed by atoms with Crippen molar-refractivity contribution in [2.75, 3.05) is 12.3 Å². The average molecular weight is 279 g/mol. The van der Waals surface area contributed by atoms with Crippen LogP contribution >= 0.6 is 0 Å². The van der Waals surface area contributed by atoms with E-state index in [1.165, 1.54) is 11.9 Å². The molecule has 0 aliphatic rings. The maximum atomic E-state index is 5.79. The van der Waals surface area contributed by atoms with Gasteiger partial charge in [0.25, 0.3) is 0 Å². The number of anilines is 1. The van der Waals surface area contributed by atoms with Gasteiger partial charge >= 0.3 is 0 Å². The third-order valence-corrected chi connectivity index (χ3v) is 3.32.